The second-order valence-electron chi connectivity index (χ2n) is 16.3. The standard InChI is InChI=1S/C44H53ClN4O5S/c1-30-15-19-34-31(27-30)16-20-36-40(34)44(4,5)38(49(36)25-9-7-8-14-39(50)51)22-18-33-29-47(6)28-32(41(33)45)17-21-37-43(2,3)35-13-12-24-48(42(35)46-37)23-10-11-26-55(52,53)54/h12-13,15-22,24,27H,7-11,14,23,25-26,28-29H2,1-6H3,(H-,50,51,52,53,54)/p+1. The number of aromatic nitrogens is 1. The molecule has 0 spiro atoms. The van der Waals surface area contributed by atoms with Crippen LogP contribution < -0.4 is 9.47 Å². The van der Waals surface area contributed by atoms with E-state index in [1.165, 1.54) is 33.3 Å². The molecule has 0 fully saturated rings. The van der Waals surface area contributed by atoms with Crippen LogP contribution >= 0.6 is 11.6 Å². The van der Waals surface area contributed by atoms with Gasteiger partial charge in [0.05, 0.1) is 29.5 Å². The van der Waals surface area contributed by atoms with Crippen LogP contribution in [-0.2, 0) is 32.3 Å². The van der Waals surface area contributed by atoms with Gasteiger partial charge in [0.2, 0.25) is 0 Å². The van der Waals surface area contributed by atoms with E-state index in [0.29, 0.717) is 38.9 Å². The molecular formula is C44H54ClN4O5S+. The molecular weight excluding hydrogens is 732 g/mol. The van der Waals surface area contributed by atoms with Crippen LogP contribution in [0.2, 0.25) is 0 Å². The molecule has 3 aliphatic rings. The first-order valence-corrected chi connectivity index (χ1v) is 21.2. The molecule has 0 saturated carbocycles. The Morgan fingerprint density at radius 3 is 2.51 bits per heavy atom. The largest absolute Gasteiger partial charge is 0.481 e. The third-order valence-electron chi connectivity index (χ3n) is 11.2. The molecule has 2 aromatic carbocycles. The molecule has 0 bridgehead atoms. The molecule has 292 valence electrons. The van der Waals surface area contributed by atoms with Gasteiger partial charge in [0.15, 0.2) is 5.71 Å². The van der Waals surface area contributed by atoms with Crippen molar-refractivity contribution in [2.45, 2.75) is 90.5 Å². The maximum atomic E-state index is 11.2. The average Bonchev–Trinajstić information content (AvgIpc) is 3.50. The summed E-state index contributed by atoms with van der Waals surface area (Å²) in [6.07, 6.45) is 14.1. The number of pyridine rings is 1. The van der Waals surface area contributed by atoms with E-state index in [1.807, 2.05) is 12.3 Å². The topological polar surface area (TPSA) is 114 Å². The second kappa shape index (κ2) is 16.2. The van der Waals surface area contributed by atoms with Crippen molar-refractivity contribution >= 4 is 55.7 Å². The number of rotatable bonds is 14. The monoisotopic (exact) mass is 785 g/mol. The van der Waals surface area contributed by atoms with Gasteiger partial charge in [-0.25, -0.2) is 4.57 Å². The van der Waals surface area contributed by atoms with Crippen molar-refractivity contribution in [2.24, 2.45) is 4.99 Å². The minimum absolute atomic E-state index is 0.190. The van der Waals surface area contributed by atoms with E-state index < -0.39 is 16.1 Å². The van der Waals surface area contributed by atoms with Crippen LogP contribution in [0.4, 0.5) is 11.5 Å². The van der Waals surface area contributed by atoms with Gasteiger partial charge in [0, 0.05) is 47.9 Å². The molecule has 3 aliphatic heterocycles. The van der Waals surface area contributed by atoms with Crippen LogP contribution in [0.15, 0.2) is 99.8 Å². The smallest absolute Gasteiger partial charge is 0.327 e. The Bertz CT molecular complexity index is 2270. The first-order valence-electron chi connectivity index (χ1n) is 19.2. The zero-order valence-corrected chi connectivity index (χ0v) is 34.5. The summed E-state index contributed by atoms with van der Waals surface area (Å²) in [5.41, 5.74) is 8.39. The van der Waals surface area contributed by atoms with Crippen molar-refractivity contribution in [3.05, 3.63) is 112 Å². The highest BCUT2D eigenvalue weighted by Crippen LogP contribution is 2.51. The van der Waals surface area contributed by atoms with Crippen LogP contribution in [0, 0.1) is 6.92 Å². The van der Waals surface area contributed by atoms with E-state index in [-0.39, 0.29) is 23.0 Å². The fraction of sp³-hybridized carbons (Fsp3) is 0.432. The minimum Gasteiger partial charge on any atom is -0.481 e. The van der Waals surface area contributed by atoms with Gasteiger partial charge in [-0.3, -0.25) is 14.2 Å². The molecule has 11 heteroatoms. The zero-order chi connectivity index (χ0) is 39.7. The SMILES string of the molecule is Cc1ccc2c3c(ccc2c1)N(CCCCCC(=O)O)C(=CC=C1CN(C)CC(C=CC2=Nc4c(ccc[n+]4CCCCS(=O)(=O)O)C2(C)C)=C1Cl)C3(C)C. The van der Waals surface area contributed by atoms with Crippen molar-refractivity contribution in [3.8, 4) is 0 Å². The van der Waals surface area contributed by atoms with Crippen molar-refractivity contribution < 1.29 is 27.4 Å². The van der Waals surface area contributed by atoms with Gasteiger partial charge in [-0.15, -0.1) is 0 Å². The molecule has 1 aromatic heterocycles. The molecule has 55 heavy (non-hydrogen) atoms. The number of carboxylic acid groups (broad SMARTS) is 1. The van der Waals surface area contributed by atoms with E-state index in [1.54, 1.807) is 0 Å². The number of unbranched alkanes of at least 4 members (excludes halogenated alkanes) is 3. The van der Waals surface area contributed by atoms with Gasteiger partial charge in [-0.05, 0) is 116 Å². The van der Waals surface area contributed by atoms with E-state index in [9.17, 15) is 18.3 Å². The summed E-state index contributed by atoms with van der Waals surface area (Å²) in [6, 6.07) is 15.2. The number of aryl methyl sites for hydroxylation is 2. The number of nitrogens with zero attached hydrogens (tertiary/aromatic N) is 4. The minimum atomic E-state index is -3.98. The number of anilines is 1. The number of benzene rings is 2. The zero-order valence-electron chi connectivity index (χ0n) is 32.9. The van der Waals surface area contributed by atoms with E-state index in [2.05, 4.69) is 117 Å². The molecule has 2 N–H and O–H groups in total. The lowest BCUT2D eigenvalue weighted by Gasteiger charge is -2.28. The number of fused-ring (bicyclic) bond motifs is 4. The summed E-state index contributed by atoms with van der Waals surface area (Å²) in [4.78, 5) is 20.9. The lowest BCUT2D eigenvalue weighted by atomic mass is 9.80. The molecule has 9 nitrogen and oxygen atoms in total. The van der Waals surface area contributed by atoms with Gasteiger partial charge in [-0.2, -0.15) is 8.42 Å². The van der Waals surface area contributed by atoms with Gasteiger partial charge in [0.1, 0.15) is 0 Å². The molecule has 6 rings (SSSR count). The summed E-state index contributed by atoms with van der Waals surface area (Å²) in [5, 5.41) is 12.4. The number of carbonyl (C=O) groups is 1. The first-order chi connectivity index (χ1) is 26.0. The molecule has 0 amide bonds. The van der Waals surface area contributed by atoms with Crippen LogP contribution in [0.25, 0.3) is 10.8 Å². The fourth-order valence-electron chi connectivity index (χ4n) is 8.31. The molecule has 0 aliphatic carbocycles. The van der Waals surface area contributed by atoms with Crippen molar-refractivity contribution in [1.82, 2.24) is 4.90 Å². The Kier molecular flexibility index (Phi) is 11.9. The van der Waals surface area contributed by atoms with E-state index in [4.69, 9.17) is 21.1 Å². The molecule has 0 unspecified atom stereocenters. The third-order valence-corrected chi connectivity index (χ3v) is 12.5. The molecule has 0 atom stereocenters. The predicted octanol–water partition coefficient (Wildman–Crippen LogP) is 8.72. The van der Waals surface area contributed by atoms with E-state index in [0.717, 1.165) is 52.7 Å². The lowest BCUT2D eigenvalue weighted by Crippen LogP contribution is -2.35. The summed E-state index contributed by atoms with van der Waals surface area (Å²) in [5.74, 6) is -0.137. The lowest BCUT2D eigenvalue weighted by molar-refractivity contribution is -0.684. The van der Waals surface area contributed by atoms with Gasteiger partial charge in [0.25, 0.3) is 10.1 Å². The van der Waals surface area contributed by atoms with E-state index >= 15 is 0 Å². The quantitative estimate of drug-likeness (QED) is 0.0955. The van der Waals surface area contributed by atoms with Gasteiger partial charge in [-0.1, -0.05) is 73.9 Å². The van der Waals surface area contributed by atoms with Gasteiger partial charge < -0.3 is 10.0 Å². The Morgan fingerprint density at radius 2 is 1.76 bits per heavy atom. The molecule has 3 aromatic rings. The number of allylic oxidation sites excluding steroid dienone is 4. The Labute approximate surface area is 331 Å². The first kappa shape index (κ1) is 40.6. The Morgan fingerprint density at radius 1 is 0.982 bits per heavy atom. The predicted molar refractivity (Wildman–Crippen MR) is 223 cm³/mol. The molecule has 0 radical (unpaired) electrons. The Hall–Kier alpha value is -4.09. The van der Waals surface area contributed by atoms with Crippen molar-refractivity contribution in [1.29, 1.82) is 0 Å². The number of halogens is 1. The highest BCUT2D eigenvalue weighted by molar-refractivity contribution is 7.85. The summed E-state index contributed by atoms with van der Waals surface area (Å²) in [6.45, 7) is 13.8. The van der Waals surface area contributed by atoms with Crippen molar-refractivity contribution in [3.63, 3.8) is 0 Å². The number of aliphatic imine (C=N–C) groups is 1. The summed E-state index contributed by atoms with van der Waals surface area (Å²) in [7, 11) is -1.88. The Balaban J connectivity index is 1.30. The summed E-state index contributed by atoms with van der Waals surface area (Å²) >= 11 is 7.24. The van der Waals surface area contributed by atoms with Crippen LogP contribution in [0.5, 0.6) is 0 Å². The second-order valence-corrected chi connectivity index (χ2v) is 18.3. The fourth-order valence-corrected chi connectivity index (χ4v) is 9.12. The number of hydrogen-bond donors (Lipinski definition) is 2. The molecule has 4 heterocycles. The summed E-state index contributed by atoms with van der Waals surface area (Å²) < 4.78 is 33.6. The third kappa shape index (κ3) is 8.83. The highest BCUT2D eigenvalue weighted by atomic mass is 35.5. The number of aliphatic carboxylic acids is 1. The average molecular weight is 786 g/mol. The maximum absolute atomic E-state index is 11.2. The number of carboxylic acids is 1. The van der Waals surface area contributed by atoms with Crippen LogP contribution in [0.1, 0.15) is 82.9 Å². The maximum Gasteiger partial charge on any atom is 0.327 e. The number of hydrogen-bond acceptors (Lipinski definition) is 6. The van der Waals surface area contributed by atoms with Crippen LogP contribution in [-0.4, -0.2) is 67.1 Å². The highest BCUT2D eigenvalue weighted by Gasteiger charge is 2.43. The van der Waals surface area contributed by atoms with Crippen LogP contribution in [0.3, 0.4) is 0 Å². The van der Waals surface area contributed by atoms with Crippen molar-refractivity contribution in [2.75, 3.05) is 37.3 Å². The molecule has 0 saturated heterocycles. The number of likely N-dealkylation sites (N-methyl/N-ethyl adjacent to an activating group) is 1. The van der Waals surface area contributed by atoms with Gasteiger partial charge >= 0.3 is 11.8 Å². The normalized spacial score (nSPS) is 19.6.